The third-order valence-electron chi connectivity index (χ3n) is 4.59. The minimum Gasteiger partial charge on any atom is -0.339 e. The van der Waals surface area contributed by atoms with Gasteiger partial charge in [-0.25, -0.2) is 8.78 Å². The molecule has 1 aromatic carbocycles. The van der Waals surface area contributed by atoms with Gasteiger partial charge in [0.05, 0.1) is 6.04 Å². The highest BCUT2D eigenvalue weighted by molar-refractivity contribution is 5.82. The lowest BCUT2D eigenvalue weighted by Crippen LogP contribution is -2.54. The van der Waals surface area contributed by atoms with Gasteiger partial charge in [0.15, 0.2) is 0 Å². The number of piperazine rings is 1. The lowest BCUT2D eigenvalue weighted by atomic mass is 10.0. The maximum Gasteiger partial charge on any atom is 0.239 e. The van der Waals surface area contributed by atoms with E-state index in [9.17, 15) is 13.6 Å². The number of hydrogen-bond donors (Lipinski definition) is 1. The first-order valence-corrected chi connectivity index (χ1v) is 8.04. The second kappa shape index (κ2) is 7.36. The van der Waals surface area contributed by atoms with Crippen molar-refractivity contribution >= 4 is 5.91 Å². The summed E-state index contributed by atoms with van der Waals surface area (Å²) in [5.41, 5.74) is 6.40. The molecule has 23 heavy (non-hydrogen) atoms. The van der Waals surface area contributed by atoms with Gasteiger partial charge in [0.1, 0.15) is 11.6 Å². The van der Waals surface area contributed by atoms with Crippen molar-refractivity contribution in [2.24, 2.45) is 11.7 Å². The predicted octanol–water partition coefficient (Wildman–Crippen LogP) is 2.15. The summed E-state index contributed by atoms with van der Waals surface area (Å²) in [6.07, 6.45) is 0. The summed E-state index contributed by atoms with van der Waals surface area (Å²) < 4.78 is 26.9. The molecule has 2 N–H and O–H groups in total. The Labute approximate surface area is 136 Å². The standard InChI is InChI=1S/C17H25F2N3O/c1-11(2)16(20)17(23)22-8-6-21(7-9-22)12(3)14-5-4-13(18)10-15(14)19/h4-5,10-12,16H,6-9,20H2,1-3H3/t12?,16-/m0/s1. The van der Waals surface area contributed by atoms with E-state index < -0.39 is 17.7 Å². The van der Waals surface area contributed by atoms with Crippen LogP contribution in [0.5, 0.6) is 0 Å². The molecule has 0 bridgehead atoms. The maximum absolute atomic E-state index is 13.9. The number of benzene rings is 1. The average molecular weight is 325 g/mol. The highest BCUT2D eigenvalue weighted by Crippen LogP contribution is 2.24. The van der Waals surface area contributed by atoms with Crippen LogP contribution in [0.15, 0.2) is 18.2 Å². The number of nitrogens with two attached hydrogens (primary N) is 1. The highest BCUT2D eigenvalue weighted by Gasteiger charge is 2.29. The van der Waals surface area contributed by atoms with Gasteiger partial charge >= 0.3 is 0 Å². The van der Waals surface area contributed by atoms with Gasteiger partial charge in [-0.1, -0.05) is 19.9 Å². The van der Waals surface area contributed by atoms with Crippen LogP contribution in [0.25, 0.3) is 0 Å². The number of hydrogen-bond acceptors (Lipinski definition) is 3. The van der Waals surface area contributed by atoms with Crippen LogP contribution in [0.1, 0.15) is 32.4 Å². The number of amides is 1. The quantitative estimate of drug-likeness (QED) is 0.923. The largest absolute Gasteiger partial charge is 0.339 e. The van der Waals surface area contributed by atoms with Crippen LogP contribution in [0, 0.1) is 17.6 Å². The molecule has 0 saturated carbocycles. The van der Waals surface area contributed by atoms with E-state index in [0.29, 0.717) is 31.7 Å². The van der Waals surface area contributed by atoms with Crippen molar-refractivity contribution < 1.29 is 13.6 Å². The summed E-state index contributed by atoms with van der Waals surface area (Å²) in [5, 5.41) is 0. The topological polar surface area (TPSA) is 49.6 Å². The molecule has 1 amide bonds. The van der Waals surface area contributed by atoms with E-state index >= 15 is 0 Å². The van der Waals surface area contributed by atoms with Crippen LogP contribution < -0.4 is 5.73 Å². The molecule has 1 fully saturated rings. The van der Waals surface area contributed by atoms with E-state index in [2.05, 4.69) is 4.90 Å². The second-order valence-corrected chi connectivity index (χ2v) is 6.47. The van der Waals surface area contributed by atoms with Gasteiger partial charge in [0.25, 0.3) is 0 Å². The first-order chi connectivity index (χ1) is 10.8. The lowest BCUT2D eigenvalue weighted by molar-refractivity contribution is -0.135. The van der Waals surface area contributed by atoms with E-state index in [1.807, 2.05) is 20.8 Å². The van der Waals surface area contributed by atoms with Crippen molar-refractivity contribution in [2.75, 3.05) is 26.2 Å². The zero-order chi connectivity index (χ0) is 17.1. The molecule has 1 heterocycles. The van der Waals surface area contributed by atoms with E-state index in [4.69, 9.17) is 5.73 Å². The van der Waals surface area contributed by atoms with Crippen molar-refractivity contribution in [2.45, 2.75) is 32.9 Å². The fourth-order valence-corrected chi connectivity index (χ4v) is 2.86. The van der Waals surface area contributed by atoms with Crippen LogP contribution in [-0.4, -0.2) is 47.9 Å². The van der Waals surface area contributed by atoms with Gasteiger partial charge in [-0.2, -0.15) is 0 Å². The van der Waals surface area contributed by atoms with Crippen molar-refractivity contribution in [1.82, 2.24) is 9.80 Å². The molecular weight excluding hydrogens is 300 g/mol. The van der Waals surface area contributed by atoms with E-state index in [0.717, 1.165) is 6.07 Å². The number of carbonyl (C=O) groups excluding carboxylic acids is 1. The first-order valence-electron chi connectivity index (χ1n) is 8.04. The lowest BCUT2D eigenvalue weighted by Gasteiger charge is -2.39. The fourth-order valence-electron chi connectivity index (χ4n) is 2.86. The maximum atomic E-state index is 13.9. The Morgan fingerprint density at radius 3 is 2.26 bits per heavy atom. The highest BCUT2D eigenvalue weighted by atomic mass is 19.1. The molecular formula is C17H25F2N3O. The number of halogens is 2. The third kappa shape index (κ3) is 4.06. The van der Waals surface area contributed by atoms with Gasteiger partial charge in [-0.3, -0.25) is 9.69 Å². The molecule has 0 aromatic heterocycles. The van der Waals surface area contributed by atoms with Crippen LogP contribution in [-0.2, 0) is 4.79 Å². The summed E-state index contributed by atoms with van der Waals surface area (Å²) in [5.74, 6) is -1.03. The van der Waals surface area contributed by atoms with Crippen molar-refractivity contribution in [3.05, 3.63) is 35.4 Å². The Balaban J connectivity index is 1.97. The summed E-state index contributed by atoms with van der Waals surface area (Å²) in [6.45, 7) is 8.20. The molecule has 1 saturated heterocycles. The molecule has 2 atom stereocenters. The summed E-state index contributed by atoms with van der Waals surface area (Å²) in [7, 11) is 0. The second-order valence-electron chi connectivity index (χ2n) is 6.47. The number of rotatable bonds is 4. The summed E-state index contributed by atoms with van der Waals surface area (Å²) in [4.78, 5) is 16.1. The Morgan fingerprint density at radius 1 is 1.13 bits per heavy atom. The minimum absolute atomic E-state index is 0.0275. The number of carbonyl (C=O) groups is 1. The number of nitrogens with zero attached hydrogens (tertiary/aromatic N) is 2. The predicted molar refractivity (Wildman–Crippen MR) is 85.7 cm³/mol. The molecule has 2 rings (SSSR count). The summed E-state index contributed by atoms with van der Waals surface area (Å²) >= 11 is 0. The summed E-state index contributed by atoms with van der Waals surface area (Å²) in [6, 6.07) is 3.03. The van der Waals surface area contributed by atoms with E-state index in [1.54, 1.807) is 4.90 Å². The minimum atomic E-state index is -0.573. The van der Waals surface area contributed by atoms with Crippen molar-refractivity contribution in [1.29, 1.82) is 0 Å². The zero-order valence-corrected chi connectivity index (χ0v) is 13.9. The fraction of sp³-hybridized carbons (Fsp3) is 0.588. The molecule has 1 aliphatic rings. The van der Waals surface area contributed by atoms with Gasteiger partial charge < -0.3 is 10.6 Å². The van der Waals surface area contributed by atoms with E-state index in [1.165, 1.54) is 12.1 Å². The van der Waals surface area contributed by atoms with Crippen LogP contribution in [0.4, 0.5) is 8.78 Å². The third-order valence-corrected chi connectivity index (χ3v) is 4.59. The van der Waals surface area contributed by atoms with Gasteiger partial charge in [0.2, 0.25) is 5.91 Å². The average Bonchev–Trinajstić information content (AvgIpc) is 2.53. The van der Waals surface area contributed by atoms with Gasteiger partial charge in [0, 0.05) is 43.9 Å². The van der Waals surface area contributed by atoms with Gasteiger partial charge in [-0.15, -0.1) is 0 Å². The first kappa shape index (κ1) is 17.8. The Bertz CT molecular complexity index is 557. The van der Waals surface area contributed by atoms with Gasteiger partial charge in [-0.05, 0) is 18.9 Å². The Hall–Kier alpha value is -1.53. The van der Waals surface area contributed by atoms with Crippen molar-refractivity contribution in [3.8, 4) is 0 Å². The molecule has 0 spiro atoms. The Kier molecular flexibility index (Phi) is 5.70. The molecule has 4 nitrogen and oxygen atoms in total. The molecule has 128 valence electrons. The molecule has 0 radical (unpaired) electrons. The molecule has 0 aliphatic carbocycles. The smallest absolute Gasteiger partial charge is 0.239 e. The molecule has 1 aliphatic heterocycles. The SMILES string of the molecule is CC(C)[C@H](N)C(=O)N1CCN(C(C)c2ccc(F)cc2F)CC1. The molecule has 1 unspecified atom stereocenters. The zero-order valence-electron chi connectivity index (χ0n) is 13.9. The van der Waals surface area contributed by atoms with Crippen LogP contribution >= 0.6 is 0 Å². The van der Waals surface area contributed by atoms with Crippen LogP contribution in [0.2, 0.25) is 0 Å². The molecule has 1 aromatic rings. The van der Waals surface area contributed by atoms with E-state index in [-0.39, 0.29) is 17.9 Å². The van der Waals surface area contributed by atoms with Crippen LogP contribution in [0.3, 0.4) is 0 Å². The molecule has 6 heteroatoms. The van der Waals surface area contributed by atoms with Crippen molar-refractivity contribution in [3.63, 3.8) is 0 Å². The monoisotopic (exact) mass is 325 g/mol. The Morgan fingerprint density at radius 2 is 1.74 bits per heavy atom. The normalized spacial score (nSPS) is 19.0.